The lowest BCUT2D eigenvalue weighted by Crippen LogP contribution is -2.11. The number of hydrogen-bond donors (Lipinski definition) is 1. The van der Waals surface area contributed by atoms with Gasteiger partial charge in [-0.05, 0) is 36.8 Å². The van der Waals surface area contributed by atoms with E-state index in [0.29, 0.717) is 15.7 Å². The van der Waals surface area contributed by atoms with Crippen LogP contribution in [-0.4, -0.2) is 10.9 Å². The van der Waals surface area contributed by atoms with Crippen LogP contribution in [0.1, 0.15) is 28.6 Å². The number of amides is 1. The summed E-state index contributed by atoms with van der Waals surface area (Å²) in [5, 5.41) is 4.03. The highest BCUT2D eigenvalue weighted by molar-refractivity contribution is 9.10. The monoisotopic (exact) mass is 434 g/mol. The molecule has 0 bridgehead atoms. The van der Waals surface area contributed by atoms with Crippen molar-refractivity contribution < 1.29 is 4.79 Å². The fraction of sp³-hybridized carbons (Fsp3) is 0.158. The highest BCUT2D eigenvalue weighted by atomic mass is 79.9. The second-order valence-corrected chi connectivity index (χ2v) is 7.95. The van der Waals surface area contributed by atoms with E-state index in [4.69, 9.17) is 11.6 Å². The summed E-state index contributed by atoms with van der Waals surface area (Å²) < 4.78 is 1.03. The molecular weight excluding hydrogens is 420 g/mol. The van der Waals surface area contributed by atoms with Gasteiger partial charge in [0.2, 0.25) is 0 Å². The van der Waals surface area contributed by atoms with Crippen LogP contribution < -0.4 is 5.32 Å². The Morgan fingerprint density at radius 2 is 2.00 bits per heavy atom. The fourth-order valence-electron chi connectivity index (χ4n) is 2.43. The summed E-state index contributed by atoms with van der Waals surface area (Å²) >= 11 is 10.9. The molecule has 0 atom stereocenters. The van der Waals surface area contributed by atoms with E-state index in [1.54, 1.807) is 24.3 Å². The van der Waals surface area contributed by atoms with Crippen molar-refractivity contribution in [1.29, 1.82) is 0 Å². The van der Waals surface area contributed by atoms with Crippen molar-refractivity contribution in [2.24, 2.45) is 0 Å². The predicted molar refractivity (Wildman–Crippen MR) is 109 cm³/mol. The Hall–Kier alpha value is -1.69. The van der Waals surface area contributed by atoms with Crippen molar-refractivity contribution in [3.05, 3.63) is 68.5 Å². The first-order valence-electron chi connectivity index (χ1n) is 7.89. The summed E-state index contributed by atoms with van der Waals surface area (Å²) in [4.78, 5) is 18.2. The topological polar surface area (TPSA) is 42.0 Å². The number of nitrogens with zero attached hydrogens (tertiary/aromatic N) is 1. The fourth-order valence-corrected chi connectivity index (χ4v) is 3.97. The molecule has 0 spiro atoms. The lowest BCUT2D eigenvalue weighted by Gasteiger charge is -2.02. The number of rotatable bonds is 5. The second-order valence-electron chi connectivity index (χ2n) is 5.51. The minimum atomic E-state index is -0.207. The lowest BCUT2D eigenvalue weighted by molar-refractivity contribution is 0.102. The van der Waals surface area contributed by atoms with Crippen LogP contribution in [0.3, 0.4) is 0 Å². The van der Waals surface area contributed by atoms with Crippen LogP contribution in [0.2, 0.25) is 5.02 Å². The van der Waals surface area contributed by atoms with Gasteiger partial charge in [-0.15, -0.1) is 11.3 Å². The summed E-state index contributed by atoms with van der Waals surface area (Å²) in [6.07, 6.45) is 1.95. The third kappa shape index (κ3) is 4.48. The molecule has 0 aliphatic heterocycles. The molecule has 3 aromatic rings. The molecule has 1 amide bonds. The number of anilines is 1. The minimum Gasteiger partial charge on any atom is -0.298 e. The zero-order valence-corrected chi connectivity index (χ0v) is 16.7. The SMILES string of the molecule is CCCc1sc(NC(=O)c2cccc(Cl)c2)nc1-c1ccc(Br)cc1. The maximum Gasteiger partial charge on any atom is 0.257 e. The Balaban J connectivity index is 1.88. The summed E-state index contributed by atoms with van der Waals surface area (Å²) in [6.45, 7) is 2.13. The van der Waals surface area contributed by atoms with Crippen molar-refractivity contribution in [2.75, 3.05) is 5.32 Å². The summed E-state index contributed by atoms with van der Waals surface area (Å²) in [7, 11) is 0. The molecule has 0 unspecified atom stereocenters. The number of halogens is 2. The maximum absolute atomic E-state index is 12.4. The molecule has 0 saturated heterocycles. The van der Waals surface area contributed by atoms with Crippen LogP contribution in [0.5, 0.6) is 0 Å². The van der Waals surface area contributed by atoms with Crippen molar-refractivity contribution in [1.82, 2.24) is 4.98 Å². The minimum absolute atomic E-state index is 0.207. The number of aromatic nitrogens is 1. The van der Waals surface area contributed by atoms with Crippen LogP contribution in [0.15, 0.2) is 53.0 Å². The largest absolute Gasteiger partial charge is 0.298 e. The summed E-state index contributed by atoms with van der Waals surface area (Å²) in [5.74, 6) is -0.207. The van der Waals surface area contributed by atoms with Gasteiger partial charge in [-0.3, -0.25) is 10.1 Å². The van der Waals surface area contributed by atoms with E-state index < -0.39 is 0 Å². The Kier molecular flexibility index (Phi) is 5.89. The number of hydrogen-bond acceptors (Lipinski definition) is 3. The van der Waals surface area contributed by atoms with Crippen molar-refractivity contribution >= 4 is 49.9 Å². The molecule has 3 rings (SSSR count). The van der Waals surface area contributed by atoms with Crippen molar-refractivity contribution in [3.8, 4) is 11.3 Å². The van der Waals surface area contributed by atoms with Gasteiger partial charge < -0.3 is 0 Å². The first-order chi connectivity index (χ1) is 12.1. The third-order valence-electron chi connectivity index (χ3n) is 3.60. The lowest BCUT2D eigenvalue weighted by atomic mass is 10.1. The van der Waals surface area contributed by atoms with Crippen LogP contribution >= 0.6 is 38.9 Å². The van der Waals surface area contributed by atoms with E-state index in [2.05, 4.69) is 33.2 Å². The molecule has 6 heteroatoms. The number of carbonyl (C=O) groups excluding carboxylic acids is 1. The van der Waals surface area contributed by atoms with Gasteiger partial charge in [-0.1, -0.05) is 59.1 Å². The molecule has 2 aromatic carbocycles. The van der Waals surface area contributed by atoms with E-state index in [0.717, 1.165) is 28.6 Å². The molecule has 1 heterocycles. The van der Waals surface area contributed by atoms with E-state index in [-0.39, 0.29) is 5.91 Å². The Bertz CT molecular complexity index is 893. The first kappa shape index (κ1) is 18.1. The van der Waals surface area contributed by atoms with Crippen LogP contribution in [0.4, 0.5) is 5.13 Å². The van der Waals surface area contributed by atoms with Gasteiger partial charge in [-0.25, -0.2) is 4.98 Å². The van der Waals surface area contributed by atoms with Crippen molar-refractivity contribution in [2.45, 2.75) is 19.8 Å². The molecular formula is C19H16BrClN2OS. The summed E-state index contributed by atoms with van der Waals surface area (Å²) in [5.41, 5.74) is 2.50. The van der Waals surface area contributed by atoms with E-state index in [9.17, 15) is 4.79 Å². The maximum atomic E-state index is 12.4. The number of aryl methyl sites for hydroxylation is 1. The number of benzene rings is 2. The molecule has 3 nitrogen and oxygen atoms in total. The van der Waals surface area contributed by atoms with Crippen LogP contribution in [0.25, 0.3) is 11.3 Å². The quantitative estimate of drug-likeness (QED) is 0.501. The van der Waals surface area contributed by atoms with Gasteiger partial charge in [-0.2, -0.15) is 0 Å². The predicted octanol–water partition coefficient (Wildman–Crippen LogP) is 6.43. The van der Waals surface area contributed by atoms with Gasteiger partial charge in [0.15, 0.2) is 5.13 Å². The molecule has 0 saturated carbocycles. The highest BCUT2D eigenvalue weighted by Crippen LogP contribution is 2.33. The first-order valence-corrected chi connectivity index (χ1v) is 9.88. The number of nitrogens with one attached hydrogen (secondary N) is 1. The Labute approximate surface area is 164 Å². The van der Waals surface area contributed by atoms with Gasteiger partial charge in [0.05, 0.1) is 5.69 Å². The van der Waals surface area contributed by atoms with E-state index in [1.165, 1.54) is 16.2 Å². The van der Waals surface area contributed by atoms with Gasteiger partial charge in [0, 0.05) is 25.5 Å². The molecule has 0 radical (unpaired) electrons. The van der Waals surface area contributed by atoms with E-state index >= 15 is 0 Å². The Morgan fingerprint density at radius 3 is 2.68 bits per heavy atom. The van der Waals surface area contributed by atoms with Crippen LogP contribution in [-0.2, 0) is 6.42 Å². The highest BCUT2D eigenvalue weighted by Gasteiger charge is 2.15. The molecule has 128 valence electrons. The standard InChI is InChI=1S/C19H16BrClN2OS/c1-2-4-16-17(12-7-9-14(20)10-8-12)22-19(25-16)23-18(24)13-5-3-6-15(21)11-13/h3,5-11H,2,4H2,1H3,(H,22,23,24). The van der Waals surface area contributed by atoms with Crippen molar-refractivity contribution in [3.63, 3.8) is 0 Å². The normalized spacial score (nSPS) is 10.7. The molecule has 25 heavy (non-hydrogen) atoms. The smallest absolute Gasteiger partial charge is 0.257 e. The van der Waals surface area contributed by atoms with Gasteiger partial charge in [0.25, 0.3) is 5.91 Å². The third-order valence-corrected chi connectivity index (χ3v) is 5.39. The van der Waals surface area contributed by atoms with Gasteiger partial charge in [0.1, 0.15) is 0 Å². The average Bonchev–Trinajstić information content (AvgIpc) is 2.98. The molecule has 0 fully saturated rings. The average molecular weight is 436 g/mol. The van der Waals surface area contributed by atoms with Gasteiger partial charge >= 0.3 is 0 Å². The number of carbonyl (C=O) groups is 1. The molecule has 1 N–H and O–H groups in total. The summed E-state index contributed by atoms with van der Waals surface area (Å²) in [6, 6.07) is 14.9. The van der Waals surface area contributed by atoms with E-state index in [1.807, 2.05) is 24.3 Å². The van der Waals surface area contributed by atoms with Crippen LogP contribution in [0, 0.1) is 0 Å². The molecule has 0 aliphatic carbocycles. The molecule has 0 aliphatic rings. The second kappa shape index (κ2) is 8.13. The number of thiazole rings is 1. The zero-order chi connectivity index (χ0) is 17.8. The Morgan fingerprint density at radius 1 is 1.24 bits per heavy atom. The molecule has 1 aromatic heterocycles. The zero-order valence-electron chi connectivity index (χ0n) is 13.6.